The van der Waals surface area contributed by atoms with Gasteiger partial charge in [-0.1, -0.05) is 25.6 Å². The number of rotatable bonds is 10. The molecule has 0 aliphatic heterocycles. The maximum Gasteiger partial charge on any atom is 0.460 e. The first-order chi connectivity index (χ1) is 18.1. The number of halogens is 14. The van der Waals surface area contributed by atoms with Gasteiger partial charge >= 0.3 is 47.9 Å². The van der Waals surface area contributed by atoms with Crippen LogP contribution in [0.5, 0.6) is 0 Å². The van der Waals surface area contributed by atoms with Crippen molar-refractivity contribution in [3.8, 4) is 0 Å². The summed E-state index contributed by atoms with van der Waals surface area (Å²) in [6, 6.07) is -1.77. The normalized spacial score (nSPS) is 14.7. The number of hydrogen-bond donors (Lipinski definition) is 0. The van der Waals surface area contributed by atoms with E-state index in [9.17, 15) is 71.1 Å². The lowest BCUT2D eigenvalue weighted by atomic mass is 10.0. The largest absolute Gasteiger partial charge is 0.460 e. The van der Waals surface area contributed by atoms with Crippen molar-refractivity contribution in [2.24, 2.45) is 5.92 Å². The van der Waals surface area contributed by atoms with Crippen molar-refractivity contribution >= 4 is 35.5 Å². The Balaban J connectivity index is 3.93. The Labute approximate surface area is 225 Å². The van der Waals surface area contributed by atoms with Crippen LogP contribution in [0.25, 0.3) is 0 Å². The van der Waals surface area contributed by atoms with Crippen molar-refractivity contribution in [1.29, 1.82) is 0 Å². The number of anilines is 2. The van der Waals surface area contributed by atoms with Crippen molar-refractivity contribution in [2.45, 2.75) is 74.9 Å². The fraction of sp³-hybridized carbons (Fsp3) is 0.737. The summed E-state index contributed by atoms with van der Waals surface area (Å²) < 4.78 is 187. The molecule has 0 aliphatic rings. The average Bonchev–Trinajstić information content (AvgIpc) is 2.82. The first kappa shape index (κ1) is 36.3. The summed E-state index contributed by atoms with van der Waals surface area (Å²) >= 11 is 0.351. The molecule has 41 heavy (non-hydrogen) atoms. The Morgan fingerprint density at radius 2 is 1.10 bits per heavy atom. The summed E-state index contributed by atoms with van der Waals surface area (Å²) in [5, 5.41) is -0.832. The van der Waals surface area contributed by atoms with Gasteiger partial charge in [-0.15, -0.1) is 0 Å². The quantitative estimate of drug-likeness (QED) is 0.230. The lowest BCUT2D eigenvalue weighted by molar-refractivity contribution is -0.343. The Morgan fingerprint density at radius 1 is 0.707 bits per heavy atom. The van der Waals surface area contributed by atoms with Crippen LogP contribution in [0.2, 0.25) is 0 Å². The van der Waals surface area contributed by atoms with Gasteiger partial charge in [0, 0.05) is 12.6 Å². The summed E-state index contributed by atoms with van der Waals surface area (Å²) in [7, 11) is 0. The molecule has 1 atom stereocenters. The van der Waals surface area contributed by atoms with Crippen LogP contribution >= 0.6 is 11.8 Å². The number of carbonyl (C=O) groups excluding carboxylic acids is 2. The minimum absolute atomic E-state index is 0.351. The zero-order chi connectivity index (χ0) is 32.7. The number of aromatic nitrogens is 3. The van der Waals surface area contributed by atoms with E-state index in [1.54, 1.807) is 0 Å². The molecule has 0 fully saturated rings. The molecule has 1 heterocycles. The first-order valence-corrected chi connectivity index (χ1v) is 12.0. The lowest BCUT2D eigenvalue weighted by Gasteiger charge is -2.35. The minimum atomic E-state index is -6.97. The van der Waals surface area contributed by atoms with Crippen LogP contribution in [-0.2, 0) is 9.59 Å². The molecule has 236 valence electrons. The number of nitrogens with zero attached hydrogens (tertiary/aromatic N) is 5. The standard InChI is InChI=1S/C19H19F14N5O2S/c1-6-37(9(39)14(20,21)16(24,25)18(28,29)30)11-34-12(36-13(35-11)41-5)38(8(4)7(2)3)10(40)15(22,23)17(26,27)19(31,32)33/h7-8H,6H2,1-5H3. The summed E-state index contributed by atoms with van der Waals surface area (Å²) in [6.07, 6.45) is -12.8. The predicted molar refractivity (Wildman–Crippen MR) is 113 cm³/mol. The average molecular weight is 647 g/mol. The molecule has 2 amide bonds. The van der Waals surface area contributed by atoms with Crippen LogP contribution in [0.1, 0.15) is 27.7 Å². The molecule has 0 saturated heterocycles. The Kier molecular flexibility index (Phi) is 10.2. The SMILES string of the molecule is CCN(C(=O)C(F)(F)C(F)(F)C(F)(F)F)c1nc(SC)nc(N(C(=O)C(F)(F)C(F)(F)C(F)(F)F)C(C)C(C)C)n1. The van der Waals surface area contributed by atoms with Gasteiger partial charge in [0.1, 0.15) is 0 Å². The highest BCUT2D eigenvalue weighted by Gasteiger charge is 2.78. The number of hydrogen-bond acceptors (Lipinski definition) is 6. The maximum atomic E-state index is 14.4. The highest BCUT2D eigenvalue weighted by molar-refractivity contribution is 7.98. The van der Waals surface area contributed by atoms with Crippen molar-refractivity contribution < 1.29 is 71.1 Å². The highest BCUT2D eigenvalue weighted by Crippen LogP contribution is 2.49. The first-order valence-electron chi connectivity index (χ1n) is 10.7. The zero-order valence-corrected chi connectivity index (χ0v) is 21.9. The second-order valence-electron chi connectivity index (χ2n) is 8.42. The summed E-state index contributed by atoms with van der Waals surface area (Å²) in [5.41, 5.74) is 0. The summed E-state index contributed by atoms with van der Waals surface area (Å²) in [5.74, 6) is -37.7. The molecule has 0 spiro atoms. The Hall–Kier alpha value is -2.68. The van der Waals surface area contributed by atoms with E-state index in [-0.39, 0.29) is 0 Å². The van der Waals surface area contributed by atoms with E-state index in [0.717, 1.165) is 34.0 Å². The zero-order valence-electron chi connectivity index (χ0n) is 21.1. The third kappa shape index (κ3) is 6.40. The second-order valence-corrected chi connectivity index (χ2v) is 9.20. The van der Waals surface area contributed by atoms with Crippen molar-refractivity contribution in [3.05, 3.63) is 0 Å². The molecule has 1 aromatic rings. The van der Waals surface area contributed by atoms with E-state index in [2.05, 4.69) is 15.0 Å². The molecule has 7 nitrogen and oxygen atoms in total. The van der Waals surface area contributed by atoms with Gasteiger partial charge in [-0.25, -0.2) is 0 Å². The van der Waals surface area contributed by atoms with Crippen LogP contribution in [0.15, 0.2) is 5.16 Å². The van der Waals surface area contributed by atoms with Gasteiger partial charge in [0.15, 0.2) is 5.16 Å². The monoisotopic (exact) mass is 647 g/mol. The Morgan fingerprint density at radius 3 is 1.44 bits per heavy atom. The highest BCUT2D eigenvalue weighted by atomic mass is 32.2. The number of thioether (sulfide) groups is 1. The molecule has 0 N–H and O–H groups in total. The van der Waals surface area contributed by atoms with E-state index in [1.165, 1.54) is 0 Å². The maximum absolute atomic E-state index is 14.4. The molecule has 1 rings (SSSR count). The predicted octanol–water partition coefficient (Wildman–Crippen LogP) is 5.99. The fourth-order valence-electron chi connectivity index (χ4n) is 2.73. The van der Waals surface area contributed by atoms with E-state index in [4.69, 9.17) is 0 Å². The molecule has 1 unspecified atom stereocenters. The van der Waals surface area contributed by atoms with E-state index in [1.807, 2.05) is 0 Å². The third-order valence-corrected chi connectivity index (χ3v) is 5.97. The van der Waals surface area contributed by atoms with Gasteiger partial charge in [0.25, 0.3) is 0 Å². The van der Waals surface area contributed by atoms with Gasteiger partial charge < -0.3 is 0 Å². The number of alkyl halides is 14. The second kappa shape index (κ2) is 11.5. The van der Waals surface area contributed by atoms with Crippen molar-refractivity contribution in [3.63, 3.8) is 0 Å². The van der Waals surface area contributed by atoms with Gasteiger partial charge in [-0.2, -0.15) is 76.4 Å². The van der Waals surface area contributed by atoms with Gasteiger partial charge in [0.05, 0.1) is 0 Å². The molecule has 0 bridgehead atoms. The molecular formula is C19H19F14N5O2S. The van der Waals surface area contributed by atoms with Crippen LogP contribution in [0.4, 0.5) is 73.4 Å². The van der Waals surface area contributed by atoms with Crippen LogP contribution < -0.4 is 9.80 Å². The van der Waals surface area contributed by atoms with Crippen LogP contribution in [-0.4, -0.2) is 81.7 Å². The fourth-order valence-corrected chi connectivity index (χ4v) is 3.08. The van der Waals surface area contributed by atoms with E-state index in [0.29, 0.717) is 11.8 Å². The number of amides is 2. The van der Waals surface area contributed by atoms with Gasteiger partial charge in [-0.05, 0) is 26.0 Å². The summed E-state index contributed by atoms with van der Waals surface area (Å²) in [4.78, 5) is 33.6. The molecule has 22 heteroatoms. The topological polar surface area (TPSA) is 79.3 Å². The van der Waals surface area contributed by atoms with E-state index >= 15 is 0 Å². The minimum Gasteiger partial charge on any atom is -0.275 e. The molecule has 0 aromatic carbocycles. The van der Waals surface area contributed by atoms with Crippen molar-refractivity contribution in [1.82, 2.24) is 15.0 Å². The van der Waals surface area contributed by atoms with Gasteiger partial charge in [0.2, 0.25) is 11.9 Å². The molecular weight excluding hydrogens is 628 g/mol. The summed E-state index contributed by atoms with van der Waals surface area (Å²) in [6.45, 7) is 2.69. The van der Waals surface area contributed by atoms with Crippen molar-refractivity contribution in [2.75, 3.05) is 22.6 Å². The van der Waals surface area contributed by atoms with Crippen LogP contribution in [0.3, 0.4) is 0 Å². The van der Waals surface area contributed by atoms with E-state index < -0.39 is 93.2 Å². The molecule has 0 radical (unpaired) electrons. The van der Waals surface area contributed by atoms with Crippen LogP contribution in [0, 0.1) is 5.92 Å². The molecule has 0 saturated carbocycles. The Bertz CT molecular complexity index is 1130. The third-order valence-electron chi connectivity index (χ3n) is 5.42. The van der Waals surface area contributed by atoms with Gasteiger partial charge in [-0.3, -0.25) is 19.4 Å². The number of carbonyl (C=O) groups is 2. The molecule has 1 aromatic heterocycles. The lowest BCUT2D eigenvalue weighted by Crippen LogP contribution is -2.62. The smallest absolute Gasteiger partial charge is 0.275 e. The molecule has 0 aliphatic carbocycles.